The van der Waals surface area contributed by atoms with Gasteiger partial charge in [0.1, 0.15) is 0 Å². The molecule has 0 saturated heterocycles. The summed E-state index contributed by atoms with van der Waals surface area (Å²) in [6.07, 6.45) is 4.51. The van der Waals surface area contributed by atoms with Crippen molar-refractivity contribution in [2.45, 2.75) is 12.8 Å². The maximum atomic E-state index is 10.7. The summed E-state index contributed by atoms with van der Waals surface area (Å²) in [4.78, 5) is 10.7. The predicted octanol–water partition coefficient (Wildman–Crippen LogP) is 3.61. The van der Waals surface area contributed by atoms with Crippen LogP contribution < -0.4 is 0 Å². The number of alkyl halides is 1. The molecule has 0 spiro atoms. The van der Waals surface area contributed by atoms with E-state index in [1.54, 1.807) is 18.2 Å². The van der Waals surface area contributed by atoms with Gasteiger partial charge in [-0.2, -0.15) is 0 Å². The first-order chi connectivity index (χ1) is 7.63. The normalized spacial score (nSPS) is 10.9. The molecule has 1 rings (SSSR count). The maximum Gasteiger partial charge on any atom is 0.307 e. The van der Waals surface area contributed by atoms with Gasteiger partial charge in [-0.05, 0) is 29.7 Å². The van der Waals surface area contributed by atoms with Crippen molar-refractivity contribution in [3.8, 4) is 0 Å². The monoisotopic (exact) mass is 258 g/mol. The number of hydrogen-bond donors (Lipinski definition) is 1. The molecular formula is C12H12Cl2O2. The van der Waals surface area contributed by atoms with Crippen LogP contribution in [0.1, 0.15) is 17.5 Å². The van der Waals surface area contributed by atoms with Gasteiger partial charge in [0.15, 0.2) is 0 Å². The molecular weight excluding hydrogens is 247 g/mol. The lowest BCUT2D eigenvalue weighted by Gasteiger charge is -2.04. The molecule has 0 heterocycles. The highest BCUT2D eigenvalue weighted by molar-refractivity contribution is 6.30. The molecule has 0 saturated carbocycles. The van der Waals surface area contributed by atoms with Gasteiger partial charge >= 0.3 is 5.97 Å². The number of aliphatic carboxylic acids is 1. The Balaban J connectivity index is 2.93. The topological polar surface area (TPSA) is 37.3 Å². The van der Waals surface area contributed by atoms with E-state index in [4.69, 9.17) is 28.3 Å². The molecule has 0 amide bonds. The molecule has 0 atom stereocenters. The van der Waals surface area contributed by atoms with Crippen LogP contribution in [0.5, 0.6) is 0 Å². The van der Waals surface area contributed by atoms with Crippen LogP contribution in [-0.4, -0.2) is 17.0 Å². The van der Waals surface area contributed by atoms with E-state index in [-0.39, 0.29) is 6.42 Å². The summed E-state index contributed by atoms with van der Waals surface area (Å²) >= 11 is 11.4. The van der Waals surface area contributed by atoms with Crippen LogP contribution in [-0.2, 0) is 11.2 Å². The smallest absolute Gasteiger partial charge is 0.307 e. The Hall–Kier alpha value is -0.990. The summed E-state index contributed by atoms with van der Waals surface area (Å²) in [6.45, 7) is 0. The van der Waals surface area contributed by atoms with Gasteiger partial charge in [-0.15, -0.1) is 11.6 Å². The third kappa shape index (κ3) is 4.25. The summed E-state index contributed by atoms with van der Waals surface area (Å²) < 4.78 is 0. The van der Waals surface area contributed by atoms with Crippen molar-refractivity contribution in [3.05, 3.63) is 40.4 Å². The zero-order valence-electron chi connectivity index (χ0n) is 8.62. The molecule has 0 fully saturated rings. The van der Waals surface area contributed by atoms with Gasteiger partial charge in [-0.3, -0.25) is 4.79 Å². The Morgan fingerprint density at radius 2 is 2.19 bits per heavy atom. The van der Waals surface area contributed by atoms with E-state index in [9.17, 15) is 4.79 Å². The van der Waals surface area contributed by atoms with Gasteiger partial charge in [0, 0.05) is 10.9 Å². The number of halogens is 2. The molecule has 86 valence electrons. The molecule has 1 aromatic rings. The average molecular weight is 259 g/mol. The highest BCUT2D eigenvalue weighted by Gasteiger charge is 2.05. The zero-order chi connectivity index (χ0) is 12.0. The summed E-state index contributed by atoms with van der Waals surface area (Å²) in [5.74, 6) is -0.306. The summed E-state index contributed by atoms with van der Waals surface area (Å²) in [5.41, 5.74) is 1.59. The number of rotatable bonds is 5. The minimum atomic E-state index is -0.852. The highest BCUT2D eigenvalue weighted by Crippen LogP contribution is 2.18. The Morgan fingerprint density at radius 1 is 1.44 bits per heavy atom. The lowest BCUT2D eigenvalue weighted by atomic mass is 10.0. The molecule has 2 nitrogen and oxygen atoms in total. The summed E-state index contributed by atoms with van der Waals surface area (Å²) in [6, 6.07) is 5.18. The van der Waals surface area contributed by atoms with E-state index in [0.29, 0.717) is 10.9 Å². The molecule has 0 unspecified atom stereocenters. The Kier molecular flexibility index (Phi) is 5.36. The summed E-state index contributed by atoms with van der Waals surface area (Å²) in [5, 5.41) is 9.35. The van der Waals surface area contributed by atoms with Crippen LogP contribution in [0.2, 0.25) is 5.02 Å². The molecule has 16 heavy (non-hydrogen) atoms. The third-order valence-electron chi connectivity index (χ3n) is 2.02. The van der Waals surface area contributed by atoms with Gasteiger partial charge in [0.25, 0.3) is 0 Å². The number of hydrogen-bond acceptors (Lipinski definition) is 1. The highest BCUT2D eigenvalue weighted by atomic mass is 35.5. The second-order valence-electron chi connectivity index (χ2n) is 3.29. The number of carbonyl (C=O) groups is 1. The lowest BCUT2D eigenvalue weighted by molar-refractivity contribution is -0.136. The first kappa shape index (κ1) is 13.1. The van der Waals surface area contributed by atoms with Crippen LogP contribution in [0.4, 0.5) is 0 Å². The summed E-state index contributed by atoms with van der Waals surface area (Å²) in [7, 11) is 0. The minimum Gasteiger partial charge on any atom is -0.481 e. The predicted molar refractivity (Wildman–Crippen MR) is 67.2 cm³/mol. The second kappa shape index (κ2) is 6.56. The molecule has 0 aliphatic rings. The van der Waals surface area contributed by atoms with Gasteiger partial charge < -0.3 is 5.11 Å². The van der Waals surface area contributed by atoms with Crippen molar-refractivity contribution in [3.63, 3.8) is 0 Å². The molecule has 0 aliphatic carbocycles. The van der Waals surface area contributed by atoms with Gasteiger partial charge in [0.05, 0.1) is 6.42 Å². The fraction of sp³-hybridized carbons (Fsp3) is 0.250. The van der Waals surface area contributed by atoms with Crippen molar-refractivity contribution in [2.75, 3.05) is 5.88 Å². The number of benzene rings is 1. The van der Waals surface area contributed by atoms with Crippen molar-refractivity contribution in [1.29, 1.82) is 0 Å². The molecule has 1 aromatic carbocycles. The lowest BCUT2D eigenvalue weighted by Crippen LogP contribution is -2.01. The quantitative estimate of drug-likeness (QED) is 0.820. The Bertz CT molecular complexity index is 400. The first-order valence-electron chi connectivity index (χ1n) is 4.86. The van der Waals surface area contributed by atoms with Crippen molar-refractivity contribution < 1.29 is 9.90 Å². The average Bonchev–Trinajstić information content (AvgIpc) is 2.22. The van der Waals surface area contributed by atoms with Crippen LogP contribution >= 0.6 is 23.2 Å². The third-order valence-corrected chi connectivity index (χ3v) is 2.48. The van der Waals surface area contributed by atoms with E-state index in [2.05, 4.69) is 0 Å². The fourth-order valence-electron chi connectivity index (χ4n) is 1.32. The number of allylic oxidation sites excluding steroid dienone is 1. The van der Waals surface area contributed by atoms with E-state index in [1.807, 2.05) is 12.2 Å². The van der Waals surface area contributed by atoms with E-state index >= 15 is 0 Å². The molecule has 0 radical (unpaired) electrons. The van der Waals surface area contributed by atoms with Crippen molar-refractivity contribution in [2.24, 2.45) is 0 Å². The van der Waals surface area contributed by atoms with Gasteiger partial charge in [-0.1, -0.05) is 29.8 Å². The molecule has 4 heteroatoms. The van der Waals surface area contributed by atoms with E-state index < -0.39 is 5.97 Å². The molecule has 0 aromatic heterocycles. The molecule has 0 aliphatic heterocycles. The van der Waals surface area contributed by atoms with Crippen molar-refractivity contribution >= 4 is 35.2 Å². The van der Waals surface area contributed by atoms with Crippen LogP contribution in [0, 0.1) is 0 Å². The SMILES string of the molecule is O=C(O)Cc1ccc(Cl)cc1C=CCCCl. The van der Waals surface area contributed by atoms with E-state index in [0.717, 1.165) is 17.5 Å². The first-order valence-corrected chi connectivity index (χ1v) is 5.77. The largest absolute Gasteiger partial charge is 0.481 e. The Labute approximate surface area is 104 Å². The molecule has 0 bridgehead atoms. The van der Waals surface area contributed by atoms with Crippen LogP contribution in [0.15, 0.2) is 24.3 Å². The van der Waals surface area contributed by atoms with Crippen LogP contribution in [0.25, 0.3) is 6.08 Å². The van der Waals surface area contributed by atoms with Crippen LogP contribution in [0.3, 0.4) is 0 Å². The Morgan fingerprint density at radius 3 is 2.81 bits per heavy atom. The number of carboxylic acids is 1. The number of carboxylic acid groups (broad SMARTS) is 1. The minimum absolute atomic E-state index is 0.00226. The fourth-order valence-corrected chi connectivity index (χ4v) is 1.62. The zero-order valence-corrected chi connectivity index (χ0v) is 10.1. The standard InChI is InChI=1S/C12H12Cl2O2/c13-6-2-1-3-9-7-11(14)5-4-10(9)8-12(15)16/h1,3-5,7H,2,6,8H2,(H,15,16). The second-order valence-corrected chi connectivity index (χ2v) is 4.11. The molecule has 1 N–H and O–H groups in total. The van der Waals surface area contributed by atoms with Gasteiger partial charge in [-0.25, -0.2) is 0 Å². The maximum absolute atomic E-state index is 10.7. The van der Waals surface area contributed by atoms with Gasteiger partial charge in [0.2, 0.25) is 0 Å². The van der Waals surface area contributed by atoms with Crippen molar-refractivity contribution in [1.82, 2.24) is 0 Å². The van der Waals surface area contributed by atoms with E-state index in [1.165, 1.54) is 0 Å².